The number of hydrogen-bond acceptors (Lipinski definition) is 4. The molecule has 1 saturated heterocycles. The van der Waals surface area contributed by atoms with Crippen molar-refractivity contribution in [3.63, 3.8) is 0 Å². The van der Waals surface area contributed by atoms with Gasteiger partial charge in [0.25, 0.3) is 0 Å². The van der Waals surface area contributed by atoms with Crippen LogP contribution in [0, 0.1) is 12.8 Å². The van der Waals surface area contributed by atoms with Crippen LogP contribution in [0.3, 0.4) is 0 Å². The second-order valence-corrected chi connectivity index (χ2v) is 10.2. The number of nitrogens with one attached hydrogen (secondary N) is 2. The van der Waals surface area contributed by atoms with E-state index in [1.807, 2.05) is 19.1 Å². The number of aliphatic imine (C=N–C) groups is 1. The maximum absolute atomic E-state index is 11.8. The van der Waals surface area contributed by atoms with E-state index in [1.54, 1.807) is 13.1 Å². The van der Waals surface area contributed by atoms with Gasteiger partial charge in [-0.15, -0.1) is 0 Å². The summed E-state index contributed by atoms with van der Waals surface area (Å²) in [4.78, 5) is 7.32. The minimum Gasteiger partial charge on any atom is -0.355 e. The van der Waals surface area contributed by atoms with Crippen molar-refractivity contribution in [3.8, 4) is 0 Å². The number of sulfone groups is 1. The molecular formula is C21H36N4O2S. The predicted octanol–water partition coefficient (Wildman–Crippen LogP) is 2.57. The van der Waals surface area contributed by atoms with Gasteiger partial charge in [-0.2, -0.15) is 0 Å². The van der Waals surface area contributed by atoms with Crippen molar-refractivity contribution in [1.82, 2.24) is 15.5 Å². The van der Waals surface area contributed by atoms with Crippen LogP contribution in [0.4, 0.5) is 0 Å². The topological polar surface area (TPSA) is 73.8 Å². The third-order valence-corrected chi connectivity index (χ3v) is 6.43. The number of piperidine rings is 1. The predicted molar refractivity (Wildman–Crippen MR) is 117 cm³/mol. The molecule has 0 amide bonds. The third-order valence-electron chi connectivity index (χ3n) is 5.18. The van der Waals surface area contributed by atoms with Crippen molar-refractivity contribution in [1.29, 1.82) is 0 Å². The first-order valence-electron chi connectivity index (χ1n) is 10.2. The molecule has 1 unspecified atom stereocenters. The van der Waals surface area contributed by atoms with Crippen LogP contribution in [0.25, 0.3) is 0 Å². The maximum atomic E-state index is 11.8. The summed E-state index contributed by atoms with van der Waals surface area (Å²) in [5.41, 5.74) is 1.81. The smallest absolute Gasteiger partial charge is 0.191 e. The molecule has 158 valence electrons. The highest BCUT2D eigenvalue weighted by molar-refractivity contribution is 7.90. The lowest BCUT2D eigenvalue weighted by molar-refractivity contribution is 0.133. The zero-order valence-electron chi connectivity index (χ0n) is 18.0. The van der Waals surface area contributed by atoms with E-state index in [-0.39, 0.29) is 0 Å². The van der Waals surface area contributed by atoms with Crippen molar-refractivity contribution in [2.24, 2.45) is 10.9 Å². The lowest BCUT2D eigenvalue weighted by Gasteiger charge is -2.37. The molecule has 1 aromatic carbocycles. The summed E-state index contributed by atoms with van der Waals surface area (Å²) >= 11 is 0. The Morgan fingerprint density at radius 1 is 1.29 bits per heavy atom. The SMILES string of the molecule is CN=C(NCc1ccc(S(C)(=O)=O)c(C)c1)NCC1CCCCN1CC(C)C. The van der Waals surface area contributed by atoms with Crippen molar-refractivity contribution in [3.05, 3.63) is 29.3 Å². The second kappa shape index (κ2) is 10.3. The lowest BCUT2D eigenvalue weighted by atomic mass is 10.0. The summed E-state index contributed by atoms with van der Waals surface area (Å²) in [6, 6.07) is 6.01. The molecule has 1 aliphatic heterocycles. The van der Waals surface area contributed by atoms with Crippen LogP contribution in [-0.2, 0) is 16.4 Å². The Labute approximate surface area is 170 Å². The van der Waals surface area contributed by atoms with Gasteiger partial charge in [-0.05, 0) is 49.4 Å². The highest BCUT2D eigenvalue weighted by atomic mass is 32.2. The van der Waals surface area contributed by atoms with Gasteiger partial charge in [-0.1, -0.05) is 32.4 Å². The summed E-state index contributed by atoms with van der Waals surface area (Å²) < 4.78 is 23.5. The van der Waals surface area contributed by atoms with E-state index in [0.29, 0.717) is 23.4 Å². The van der Waals surface area contributed by atoms with Gasteiger partial charge in [-0.25, -0.2) is 8.42 Å². The van der Waals surface area contributed by atoms with Crippen molar-refractivity contribution >= 4 is 15.8 Å². The minimum absolute atomic E-state index is 0.390. The summed E-state index contributed by atoms with van der Waals surface area (Å²) in [5, 5.41) is 6.80. The molecule has 1 aliphatic rings. The van der Waals surface area contributed by atoms with Gasteiger partial charge in [-0.3, -0.25) is 9.89 Å². The summed E-state index contributed by atoms with van der Waals surface area (Å²) in [6.07, 6.45) is 5.05. The van der Waals surface area contributed by atoms with Crippen LogP contribution in [0.2, 0.25) is 0 Å². The van der Waals surface area contributed by atoms with Crippen molar-refractivity contribution in [2.75, 3.05) is 32.9 Å². The molecule has 1 fully saturated rings. The Hall–Kier alpha value is -1.60. The van der Waals surface area contributed by atoms with Gasteiger partial charge >= 0.3 is 0 Å². The molecule has 2 N–H and O–H groups in total. The van der Waals surface area contributed by atoms with Gasteiger partial charge in [0.1, 0.15) is 0 Å². The molecule has 6 nitrogen and oxygen atoms in total. The first-order chi connectivity index (χ1) is 13.2. The summed E-state index contributed by atoms with van der Waals surface area (Å²) in [5.74, 6) is 1.45. The molecule has 28 heavy (non-hydrogen) atoms. The van der Waals surface area contributed by atoms with Gasteiger partial charge < -0.3 is 10.6 Å². The summed E-state index contributed by atoms with van der Waals surface area (Å²) in [6.45, 7) is 10.2. The van der Waals surface area contributed by atoms with E-state index in [2.05, 4.69) is 34.4 Å². The molecule has 0 bridgehead atoms. The van der Waals surface area contributed by atoms with Crippen LogP contribution in [0.1, 0.15) is 44.2 Å². The van der Waals surface area contributed by atoms with Crippen LogP contribution in [0.5, 0.6) is 0 Å². The number of rotatable bonds is 7. The Bertz CT molecular complexity index is 775. The van der Waals surface area contributed by atoms with Crippen LogP contribution in [0.15, 0.2) is 28.1 Å². The Kier molecular flexibility index (Phi) is 8.31. The van der Waals surface area contributed by atoms with Gasteiger partial charge in [0, 0.05) is 39.0 Å². The molecule has 0 radical (unpaired) electrons. The van der Waals surface area contributed by atoms with Crippen molar-refractivity contribution in [2.45, 2.75) is 57.5 Å². The Morgan fingerprint density at radius 2 is 2.04 bits per heavy atom. The van der Waals surface area contributed by atoms with Gasteiger partial charge in [0.2, 0.25) is 0 Å². The molecule has 0 spiro atoms. The summed E-state index contributed by atoms with van der Waals surface area (Å²) in [7, 11) is -1.40. The fourth-order valence-electron chi connectivity index (χ4n) is 3.86. The molecule has 7 heteroatoms. The number of hydrogen-bond donors (Lipinski definition) is 2. The zero-order valence-corrected chi connectivity index (χ0v) is 18.8. The highest BCUT2D eigenvalue weighted by Gasteiger charge is 2.22. The average molecular weight is 409 g/mol. The molecule has 0 aromatic heterocycles. The standard InChI is InChI=1S/C21H36N4O2S/c1-16(2)15-25-11-7-6-8-19(25)14-24-21(22-4)23-13-18-9-10-20(17(3)12-18)28(5,26)27/h9-10,12,16,19H,6-8,11,13-15H2,1-5H3,(H2,22,23,24). The number of nitrogens with zero attached hydrogens (tertiary/aromatic N) is 2. The normalized spacial score (nSPS) is 19.1. The fourth-order valence-corrected chi connectivity index (χ4v) is 4.82. The van der Waals surface area contributed by atoms with E-state index in [0.717, 1.165) is 30.2 Å². The molecular weight excluding hydrogens is 372 g/mol. The first-order valence-corrected chi connectivity index (χ1v) is 12.1. The molecule has 1 heterocycles. The van der Waals surface area contributed by atoms with Crippen molar-refractivity contribution < 1.29 is 8.42 Å². The van der Waals surface area contributed by atoms with E-state index >= 15 is 0 Å². The monoisotopic (exact) mass is 408 g/mol. The number of likely N-dealkylation sites (tertiary alicyclic amines) is 1. The minimum atomic E-state index is -3.18. The zero-order chi connectivity index (χ0) is 20.7. The van der Waals surface area contributed by atoms with Crippen LogP contribution in [-0.4, -0.2) is 58.3 Å². The highest BCUT2D eigenvalue weighted by Crippen LogP contribution is 2.18. The largest absolute Gasteiger partial charge is 0.355 e. The lowest BCUT2D eigenvalue weighted by Crippen LogP contribution is -2.49. The number of guanidine groups is 1. The van der Waals surface area contributed by atoms with E-state index in [4.69, 9.17) is 0 Å². The quantitative estimate of drug-likeness (QED) is 0.536. The molecule has 1 aromatic rings. The molecule has 0 aliphatic carbocycles. The fraction of sp³-hybridized carbons (Fsp3) is 0.667. The molecule has 0 saturated carbocycles. The number of benzene rings is 1. The maximum Gasteiger partial charge on any atom is 0.191 e. The Balaban J connectivity index is 1.90. The average Bonchev–Trinajstić information content (AvgIpc) is 2.61. The van der Waals surface area contributed by atoms with E-state index in [1.165, 1.54) is 32.1 Å². The van der Waals surface area contributed by atoms with Gasteiger partial charge in [0.05, 0.1) is 4.90 Å². The van der Waals surface area contributed by atoms with E-state index < -0.39 is 9.84 Å². The van der Waals surface area contributed by atoms with Crippen LogP contribution >= 0.6 is 0 Å². The van der Waals surface area contributed by atoms with E-state index in [9.17, 15) is 8.42 Å². The third kappa shape index (κ3) is 6.78. The van der Waals surface area contributed by atoms with Crippen LogP contribution < -0.4 is 10.6 Å². The van der Waals surface area contributed by atoms with Gasteiger partial charge in [0.15, 0.2) is 15.8 Å². The second-order valence-electron chi connectivity index (χ2n) is 8.22. The Morgan fingerprint density at radius 3 is 2.64 bits per heavy atom. The first kappa shape index (κ1) is 22.7. The number of aryl methyl sites for hydroxylation is 1. The molecule has 2 rings (SSSR count). The molecule has 1 atom stereocenters.